The van der Waals surface area contributed by atoms with E-state index in [0.717, 1.165) is 84.6 Å². The van der Waals surface area contributed by atoms with E-state index in [-0.39, 0.29) is 16.2 Å². The Bertz CT molecular complexity index is 4100. The number of ether oxygens (including phenoxy) is 1. The topological polar surface area (TPSA) is 35.9 Å². The van der Waals surface area contributed by atoms with Crippen molar-refractivity contribution in [1.29, 1.82) is 0 Å². The lowest BCUT2D eigenvalue weighted by atomic mass is 9.78. The number of hydrogen-bond acceptors (Lipinski definition) is 2. The van der Waals surface area contributed by atoms with Gasteiger partial charge in [0.25, 0.3) is 6.33 Å². The van der Waals surface area contributed by atoms with Crippen LogP contribution in [0.15, 0.2) is 231 Å². The first-order valence-electron chi connectivity index (χ1n) is 26.9. The van der Waals surface area contributed by atoms with Gasteiger partial charge in [-0.3, -0.25) is 13.7 Å². The van der Waals surface area contributed by atoms with Crippen molar-refractivity contribution in [2.45, 2.75) is 78.1 Å². The van der Waals surface area contributed by atoms with Gasteiger partial charge in [-0.2, -0.15) is 0 Å². The number of nitrogens with zero attached hydrogens (tertiary/aromatic N) is 4. The number of fused-ring (bicyclic) bond motifs is 4. The Morgan fingerprint density at radius 3 is 1.81 bits per heavy atom. The van der Waals surface area contributed by atoms with Crippen molar-refractivity contribution >= 4 is 32.8 Å². The molecule has 0 fully saturated rings. The predicted octanol–water partition coefficient (Wildman–Crippen LogP) is 18.1. The van der Waals surface area contributed by atoms with Crippen LogP contribution < -0.4 is 9.30 Å². The third kappa shape index (κ3) is 9.52. The molecule has 378 valence electrons. The first kappa shape index (κ1) is 49.1. The minimum Gasteiger partial charge on any atom is -0.458 e. The van der Waals surface area contributed by atoms with Gasteiger partial charge in [0.15, 0.2) is 0 Å². The molecule has 0 aliphatic rings. The van der Waals surface area contributed by atoms with Gasteiger partial charge in [0.1, 0.15) is 17.3 Å². The smallest absolute Gasteiger partial charge is 0.269 e. The Hall–Kier alpha value is -8.80. The van der Waals surface area contributed by atoms with Gasteiger partial charge in [-0.05, 0) is 133 Å². The Labute approximate surface area is 453 Å². The van der Waals surface area contributed by atoms with Gasteiger partial charge >= 0.3 is 0 Å². The second-order valence-corrected chi connectivity index (χ2v) is 23.3. The molecular formula is C72H64N4O. The molecule has 5 nitrogen and oxygen atoms in total. The molecule has 0 bridgehead atoms. The summed E-state index contributed by atoms with van der Waals surface area (Å²) in [6.07, 6.45) is 6.72. The number of rotatable bonds is 11. The van der Waals surface area contributed by atoms with Crippen LogP contribution in [0.2, 0.25) is 0 Å². The Morgan fingerprint density at radius 2 is 1.09 bits per heavy atom. The monoisotopic (exact) mass is 1000 g/mol. The van der Waals surface area contributed by atoms with Gasteiger partial charge in [-0.15, -0.1) is 0 Å². The fourth-order valence-electron chi connectivity index (χ4n) is 11.1. The standard InChI is InChI=1S/C72H64N4O/c1-70(2,3)55-41-53(42-56(44-55)71(4,5)6)61-31-21-30-60(51-24-14-10-15-25-51)69(61)75-48-74(65-32-18-19-33-66(65)75)57-28-20-29-58(45-57)77-59-35-36-62-63-43-52(50-22-12-9-13-23-50)34-37-64(63)76(67(62)46-59)68-40-49(38-39-73-68)47-72(7,8)54-26-16-11-17-27-54/h9-46H,47H2,1-8H3. The lowest BCUT2D eigenvalue weighted by Crippen LogP contribution is -2.31. The molecule has 0 aliphatic heterocycles. The Balaban J connectivity index is 0.967. The zero-order valence-corrected chi connectivity index (χ0v) is 45.3. The molecule has 12 aromatic rings. The summed E-state index contributed by atoms with van der Waals surface area (Å²) in [4.78, 5) is 5.06. The van der Waals surface area contributed by atoms with Gasteiger partial charge < -0.3 is 4.74 Å². The highest BCUT2D eigenvalue weighted by Crippen LogP contribution is 2.41. The molecule has 0 atom stereocenters. The zero-order valence-electron chi connectivity index (χ0n) is 45.3. The van der Waals surface area contributed by atoms with Crippen molar-refractivity contribution in [1.82, 2.24) is 14.1 Å². The largest absolute Gasteiger partial charge is 0.458 e. The summed E-state index contributed by atoms with van der Waals surface area (Å²) < 4.78 is 13.7. The van der Waals surface area contributed by atoms with Crippen LogP contribution in [0.3, 0.4) is 0 Å². The van der Waals surface area contributed by atoms with Gasteiger partial charge in [0.05, 0.1) is 33.4 Å². The summed E-state index contributed by atoms with van der Waals surface area (Å²) in [6.45, 7) is 18.5. The molecular weight excluding hydrogens is 937 g/mol. The summed E-state index contributed by atoms with van der Waals surface area (Å²) in [5.74, 6) is 2.32. The van der Waals surface area contributed by atoms with Crippen LogP contribution in [0.4, 0.5) is 0 Å². The molecule has 12 rings (SSSR count). The number of pyridine rings is 1. The lowest BCUT2D eigenvalue weighted by molar-refractivity contribution is -0.571. The fraction of sp³-hybridized carbons (Fsp3) is 0.167. The van der Waals surface area contributed by atoms with Gasteiger partial charge in [-0.1, -0.05) is 219 Å². The van der Waals surface area contributed by atoms with Crippen molar-refractivity contribution in [3.05, 3.63) is 259 Å². The van der Waals surface area contributed by atoms with E-state index >= 15 is 0 Å². The third-order valence-electron chi connectivity index (χ3n) is 15.3. The summed E-state index contributed by atoms with van der Waals surface area (Å²) in [7, 11) is 0. The normalized spacial score (nSPS) is 12.2. The Morgan fingerprint density at radius 1 is 0.455 bits per heavy atom. The molecule has 0 spiro atoms. The zero-order chi connectivity index (χ0) is 53.1. The minimum atomic E-state index is -0.0729. The highest BCUT2D eigenvalue weighted by molar-refractivity contribution is 6.10. The first-order valence-corrected chi connectivity index (χ1v) is 26.9. The maximum Gasteiger partial charge on any atom is 0.269 e. The quantitative estimate of drug-likeness (QED) is 0.0956. The SMILES string of the molecule is CC(C)(C)c1cc(-c2cccc(-c3ccccc3)c2-[n+]2[c-]n(-c3cccc(Oc4ccc5c6cc(-c7ccccc7)ccc6n(-c6cc(CC(C)(C)c7ccccc7)ccn6)c5c4)c3)c3ccccc32)cc(C(C)(C)C)c1. The van der Waals surface area contributed by atoms with Crippen LogP contribution >= 0.6 is 0 Å². The van der Waals surface area contributed by atoms with Crippen molar-refractivity contribution in [2.75, 3.05) is 0 Å². The molecule has 0 N–H and O–H groups in total. The lowest BCUT2D eigenvalue weighted by Gasteiger charge is -2.27. The van der Waals surface area contributed by atoms with E-state index in [1.54, 1.807) is 0 Å². The van der Waals surface area contributed by atoms with Gasteiger partial charge in [-0.25, -0.2) is 4.98 Å². The molecule has 0 unspecified atom stereocenters. The second kappa shape index (κ2) is 19.4. The van der Waals surface area contributed by atoms with Crippen molar-refractivity contribution in [3.63, 3.8) is 0 Å². The molecule has 0 radical (unpaired) electrons. The maximum absolute atomic E-state index is 6.93. The molecule has 0 aliphatic carbocycles. The highest BCUT2D eigenvalue weighted by atomic mass is 16.5. The van der Waals surface area contributed by atoms with E-state index in [4.69, 9.17) is 9.72 Å². The van der Waals surface area contributed by atoms with Crippen LogP contribution in [-0.4, -0.2) is 14.1 Å². The third-order valence-corrected chi connectivity index (χ3v) is 15.3. The molecule has 5 heteroatoms. The van der Waals surface area contributed by atoms with E-state index < -0.39 is 0 Å². The molecule has 77 heavy (non-hydrogen) atoms. The number of imidazole rings is 1. The summed E-state index contributed by atoms with van der Waals surface area (Å²) >= 11 is 0. The van der Waals surface area contributed by atoms with Gasteiger partial charge in [0.2, 0.25) is 0 Å². The molecule has 0 saturated heterocycles. The van der Waals surface area contributed by atoms with Crippen LogP contribution in [0, 0.1) is 6.33 Å². The number of benzene rings is 9. The van der Waals surface area contributed by atoms with E-state index in [0.29, 0.717) is 0 Å². The molecule has 0 saturated carbocycles. The molecule has 3 heterocycles. The molecule has 0 amide bonds. The van der Waals surface area contributed by atoms with E-state index in [1.807, 2.05) is 12.3 Å². The fourth-order valence-corrected chi connectivity index (χ4v) is 11.1. The molecule has 3 aromatic heterocycles. The van der Waals surface area contributed by atoms with E-state index in [9.17, 15) is 0 Å². The number of hydrogen-bond donors (Lipinski definition) is 0. The molecule has 9 aromatic carbocycles. The van der Waals surface area contributed by atoms with Crippen molar-refractivity contribution in [3.8, 4) is 62.1 Å². The Kier molecular flexibility index (Phi) is 12.4. The first-order chi connectivity index (χ1) is 37.2. The van der Waals surface area contributed by atoms with E-state index in [1.165, 1.54) is 38.9 Å². The average molecular weight is 1000 g/mol. The van der Waals surface area contributed by atoms with Crippen LogP contribution in [0.1, 0.15) is 77.6 Å². The van der Waals surface area contributed by atoms with Gasteiger partial charge in [0, 0.05) is 23.0 Å². The van der Waals surface area contributed by atoms with Crippen molar-refractivity contribution < 1.29 is 9.30 Å². The summed E-state index contributed by atoms with van der Waals surface area (Å²) in [6, 6.07) is 80.6. The van der Waals surface area contributed by atoms with E-state index in [2.05, 4.69) is 294 Å². The maximum atomic E-state index is 6.93. The number of aromatic nitrogens is 4. The number of para-hydroxylation sites is 3. The summed E-state index contributed by atoms with van der Waals surface area (Å²) in [5.41, 5.74) is 18.1. The van der Waals surface area contributed by atoms with Crippen LogP contribution in [0.5, 0.6) is 11.5 Å². The summed E-state index contributed by atoms with van der Waals surface area (Å²) in [5, 5.41) is 2.28. The van der Waals surface area contributed by atoms with Crippen LogP contribution in [-0.2, 0) is 22.7 Å². The minimum absolute atomic E-state index is 0.0457. The van der Waals surface area contributed by atoms with Crippen LogP contribution in [0.25, 0.3) is 83.4 Å². The predicted molar refractivity (Wildman–Crippen MR) is 319 cm³/mol. The van der Waals surface area contributed by atoms with Crippen molar-refractivity contribution in [2.24, 2.45) is 0 Å². The average Bonchev–Trinajstić information content (AvgIpc) is 4.04. The second-order valence-electron chi connectivity index (χ2n) is 23.3. The highest BCUT2D eigenvalue weighted by Gasteiger charge is 2.26.